The summed E-state index contributed by atoms with van der Waals surface area (Å²) in [7, 11) is 0. The quantitative estimate of drug-likeness (QED) is 0.705. The van der Waals surface area contributed by atoms with Gasteiger partial charge in [0.15, 0.2) is 5.43 Å². The maximum atomic E-state index is 12.8. The first kappa shape index (κ1) is 11.6. The third-order valence-electron chi connectivity index (χ3n) is 2.67. The summed E-state index contributed by atoms with van der Waals surface area (Å²) in [5, 5.41) is 0. The minimum atomic E-state index is -4.48. The van der Waals surface area contributed by atoms with Crippen molar-refractivity contribution in [3.8, 4) is 0 Å². The molecule has 0 radical (unpaired) electrons. The van der Waals surface area contributed by atoms with Crippen LogP contribution in [0, 0.1) is 6.92 Å². The topological polar surface area (TPSA) is 22.0 Å². The van der Waals surface area contributed by atoms with Crippen LogP contribution in [0.3, 0.4) is 0 Å². The Labute approximate surface area is 94.6 Å². The third kappa shape index (κ3) is 1.65. The highest BCUT2D eigenvalue weighted by Gasteiger charge is 2.39. The van der Waals surface area contributed by atoms with Gasteiger partial charge in [-0.2, -0.15) is 13.2 Å². The Morgan fingerprint density at radius 3 is 2.69 bits per heavy atom. The van der Waals surface area contributed by atoms with Crippen LogP contribution in [0.25, 0.3) is 0 Å². The molecule has 2 rings (SSSR count). The van der Waals surface area contributed by atoms with Gasteiger partial charge in [0.2, 0.25) is 0 Å². The summed E-state index contributed by atoms with van der Waals surface area (Å²) < 4.78 is 39.7. The molecular formula is C10H10F3NOS. The lowest BCUT2D eigenvalue weighted by atomic mass is 10.1. The highest BCUT2D eigenvalue weighted by atomic mass is 32.2. The van der Waals surface area contributed by atoms with Gasteiger partial charge in [0.05, 0.1) is 0 Å². The van der Waals surface area contributed by atoms with Crippen LogP contribution in [0.5, 0.6) is 0 Å². The van der Waals surface area contributed by atoms with Crippen molar-refractivity contribution >= 4 is 11.9 Å². The Morgan fingerprint density at radius 2 is 2.12 bits per heavy atom. The van der Waals surface area contributed by atoms with Crippen molar-refractivity contribution < 1.29 is 13.2 Å². The largest absolute Gasteiger partial charge is 0.432 e. The van der Waals surface area contributed by atoms with E-state index in [1.54, 1.807) is 0 Å². The predicted molar refractivity (Wildman–Crippen MR) is 56.7 cm³/mol. The predicted octanol–water partition coefficient (Wildman–Crippen LogP) is 2.79. The van der Waals surface area contributed by atoms with E-state index in [2.05, 4.69) is 0 Å². The van der Waals surface area contributed by atoms with Crippen LogP contribution in [0.1, 0.15) is 29.8 Å². The summed E-state index contributed by atoms with van der Waals surface area (Å²) in [4.78, 5) is 11.5. The molecule has 1 aromatic heterocycles. The second-order valence-electron chi connectivity index (χ2n) is 3.90. The van der Waals surface area contributed by atoms with Crippen LogP contribution in [0.2, 0.25) is 0 Å². The van der Waals surface area contributed by atoms with Gasteiger partial charge < -0.3 is 0 Å². The summed E-state index contributed by atoms with van der Waals surface area (Å²) in [5.74, 6) is 0.561. The fraction of sp³-hybridized carbons (Fsp3) is 0.500. The average Bonchev–Trinajstić information content (AvgIpc) is 2.47. The maximum absolute atomic E-state index is 12.8. The molecule has 1 aliphatic heterocycles. The van der Waals surface area contributed by atoms with Crippen molar-refractivity contribution in [2.75, 3.05) is 5.75 Å². The molecule has 0 N–H and O–H groups in total. The smallest absolute Gasteiger partial charge is 0.290 e. The minimum absolute atomic E-state index is 0.0144. The second kappa shape index (κ2) is 3.55. The molecule has 0 fully saturated rings. The molecule has 2 heterocycles. The van der Waals surface area contributed by atoms with E-state index in [1.807, 2.05) is 6.92 Å². The van der Waals surface area contributed by atoms with Crippen molar-refractivity contribution in [2.24, 2.45) is 0 Å². The zero-order chi connectivity index (χ0) is 12.1. The Kier molecular flexibility index (Phi) is 2.57. The Balaban J connectivity index is 2.78. The average molecular weight is 249 g/mol. The molecule has 0 aromatic carbocycles. The van der Waals surface area contributed by atoms with E-state index in [0.29, 0.717) is 11.4 Å². The lowest BCUT2D eigenvalue weighted by Crippen LogP contribution is -2.22. The molecule has 0 saturated carbocycles. The van der Waals surface area contributed by atoms with E-state index in [1.165, 1.54) is 13.0 Å². The van der Waals surface area contributed by atoms with E-state index in [9.17, 15) is 18.0 Å². The zero-order valence-corrected chi connectivity index (χ0v) is 9.58. The lowest BCUT2D eigenvalue weighted by molar-refractivity contribution is -0.142. The Bertz CT molecular complexity index is 492. The van der Waals surface area contributed by atoms with Crippen LogP contribution in [-0.2, 0) is 6.18 Å². The highest BCUT2D eigenvalue weighted by Crippen LogP contribution is 2.39. The van der Waals surface area contributed by atoms with Crippen molar-refractivity contribution in [2.45, 2.75) is 25.9 Å². The van der Waals surface area contributed by atoms with Crippen molar-refractivity contribution in [3.05, 3.63) is 33.2 Å². The molecule has 16 heavy (non-hydrogen) atoms. The van der Waals surface area contributed by atoms with E-state index in [-0.39, 0.29) is 11.5 Å². The molecule has 0 bridgehead atoms. The summed E-state index contributed by atoms with van der Waals surface area (Å²) in [6.07, 6.45) is -4.48. The maximum Gasteiger partial charge on any atom is 0.432 e. The van der Waals surface area contributed by atoms with Gasteiger partial charge in [-0.3, -0.25) is 8.77 Å². The number of aromatic nitrogens is 1. The molecule has 1 atom stereocenters. The van der Waals surface area contributed by atoms with Crippen LogP contribution in [-0.4, -0.2) is 9.73 Å². The summed E-state index contributed by atoms with van der Waals surface area (Å²) in [5.41, 5.74) is -1.11. The second-order valence-corrected chi connectivity index (χ2v) is 4.85. The van der Waals surface area contributed by atoms with E-state index >= 15 is 0 Å². The number of alkyl halides is 3. The fourth-order valence-corrected chi connectivity index (χ4v) is 3.07. The first-order valence-corrected chi connectivity index (χ1v) is 5.73. The van der Waals surface area contributed by atoms with Gasteiger partial charge in [0.25, 0.3) is 0 Å². The molecular weight excluding hydrogens is 239 g/mol. The molecule has 6 heteroatoms. The summed E-state index contributed by atoms with van der Waals surface area (Å²) in [6, 6.07) is 1.31. The van der Waals surface area contributed by atoms with Gasteiger partial charge >= 0.3 is 6.18 Å². The highest BCUT2D eigenvalue weighted by molar-refractivity contribution is 7.98. The van der Waals surface area contributed by atoms with Gasteiger partial charge in [0.1, 0.15) is 5.69 Å². The number of hydrogen-bond donors (Lipinski definition) is 0. The van der Waals surface area contributed by atoms with Gasteiger partial charge in [-0.1, -0.05) is 6.92 Å². The van der Waals surface area contributed by atoms with E-state index in [4.69, 9.17) is 0 Å². The number of halogens is 3. The first-order chi connectivity index (χ1) is 7.32. The number of nitrogens with zero attached hydrogens (tertiary/aromatic N) is 1. The zero-order valence-electron chi connectivity index (χ0n) is 8.76. The monoisotopic (exact) mass is 249 g/mol. The van der Waals surface area contributed by atoms with E-state index < -0.39 is 17.3 Å². The molecule has 88 valence electrons. The summed E-state index contributed by atoms with van der Waals surface area (Å²) >= 11 is 1.11. The van der Waals surface area contributed by atoms with Gasteiger partial charge in [-0.15, -0.1) is 0 Å². The van der Waals surface area contributed by atoms with Crippen LogP contribution >= 0.6 is 11.9 Å². The first-order valence-electron chi connectivity index (χ1n) is 4.79. The standard InChI is InChI=1S/C10H10F3NOS/c1-5-4-16-14-7(5)3-8(15)6(2)9(14)10(11,12)13/h3,5H,4H2,1-2H3. The minimum Gasteiger partial charge on any atom is -0.290 e. The Hall–Kier alpha value is -0.910. The van der Waals surface area contributed by atoms with Crippen LogP contribution < -0.4 is 5.43 Å². The van der Waals surface area contributed by atoms with E-state index in [0.717, 1.165) is 15.9 Å². The normalized spacial score (nSPS) is 19.9. The number of rotatable bonds is 0. The van der Waals surface area contributed by atoms with Gasteiger partial charge in [-0.25, -0.2) is 0 Å². The molecule has 0 aliphatic carbocycles. The van der Waals surface area contributed by atoms with Crippen molar-refractivity contribution in [1.29, 1.82) is 0 Å². The van der Waals surface area contributed by atoms with Gasteiger partial charge in [-0.05, 0) is 18.9 Å². The number of pyridine rings is 1. The third-order valence-corrected chi connectivity index (χ3v) is 3.97. The molecule has 0 spiro atoms. The summed E-state index contributed by atoms with van der Waals surface area (Å²) in [6.45, 7) is 3.04. The fourth-order valence-electron chi connectivity index (χ4n) is 1.78. The van der Waals surface area contributed by atoms with Gasteiger partial charge in [0, 0.05) is 29.0 Å². The van der Waals surface area contributed by atoms with Crippen molar-refractivity contribution in [3.63, 3.8) is 0 Å². The van der Waals surface area contributed by atoms with Crippen LogP contribution in [0.15, 0.2) is 10.9 Å². The molecule has 0 saturated heterocycles. The number of fused-ring (bicyclic) bond motifs is 1. The molecule has 2 nitrogen and oxygen atoms in total. The van der Waals surface area contributed by atoms with Crippen molar-refractivity contribution in [1.82, 2.24) is 3.97 Å². The molecule has 1 aromatic rings. The Morgan fingerprint density at radius 1 is 1.50 bits per heavy atom. The number of hydrogen-bond acceptors (Lipinski definition) is 2. The lowest BCUT2D eigenvalue weighted by Gasteiger charge is -2.16. The molecule has 1 aliphatic rings. The van der Waals surface area contributed by atoms with Crippen LogP contribution in [0.4, 0.5) is 13.2 Å². The SMILES string of the molecule is Cc1c(C(F)(F)F)n2c(cc1=O)C(C)CS2. The molecule has 1 unspecified atom stereocenters. The molecule has 0 amide bonds.